The fourth-order valence-electron chi connectivity index (χ4n) is 4.08. The lowest BCUT2D eigenvalue weighted by Crippen LogP contribution is -2.22. The minimum atomic E-state index is -1.01. The molecule has 32 heavy (non-hydrogen) atoms. The molecule has 0 aliphatic carbocycles. The maximum absolute atomic E-state index is 10.5. The van der Waals surface area contributed by atoms with Gasteiger partial charge in [-0.25, -0.2) is 0 Å². The van der Waals surface area contributed by atoms with E-state index in [0.717, 1.165) is 37.5 Å². The van der Waals surface area contributed by atoms with Crippen LogP contribution in [0.4, 0.5) is 0 Å². The highest BCUT2D eigenvalue weighted by atomic mass is 16.3. The van der Waals surface area contributed by atoms with Gasteiger partial charge in [-0.15, -0.1) is 0 Å². The Morgan fingerprint density at radius 2 is 0.844 bits per heavy atom. The molecule has 0 amide bonds. The average Bonchev–Trinajstić information content (AvgIpc) is 2.64. The molecule has 186 valence electrons. The van der Waals surface area contributed by atoms with Crippen molar-refractivity contribution < 1.29 is 10.2 Å². The Bertz CT molecular complexity index is 538. The smallest absolute Gasteiger partial charge is 0.123 e. The highest BCUT2D eigenvalue weighted by molar-refractivity contribution is 5.32. The van der Waals surface area contributed by atoms with Crippen molar-refractivity contribution >= 4 is 0 Å². The largest absolute Gasteiger partial charge is 0.378 e. The third kappa shape index (κ3) is 19.7. The van der Waals surface area contributed by atoms with Crippen molar-refractivity contribution in [3.05, 3.63) is 0 Å². The van der Waals surface area contributed by atoms with Crippen molar-refractivity contribution in [3.8, 4) is 23.7 Å². The SMILES string of the molecule is CC(C)CCCC(C)CCCC(C)(O)C#CC#CC(C)(O)CCCC(C)CCCC(C)C. The molecular formula is C30H54O2. The van der Waals surface area contributed by atoms with Gasteiger partial charge in [0.05, 0.1) is 0 Å². The highest BCUT2D eigenvalue weighted by Crippen LogP contribution is 2.22. The number of hydrogen-bond acceptors (Lipinski definition) is 2. The minimum absolute atomic E-state index is 0.668. The van der Waals surface area contributed by atoms with Crippen molar-refractivity contribution in [3.63, 3.8) is 0 Å². The molecule has 0 saturated carbocycles. The Kier molecular flexibility index (Phi) is 16.1. The second kappa shape index (κ2) is 16.6. The lowest BCUT2D eigenvalue weighted by atomic mass is 9.92. The minimum Gasteiger partial charge on any atom is -0.378 e. The van der Waals surface area contributed by atoms with E-state index in [0.29, 0.717) is 24.7 Å². The summed E-state index contributed by atoms with van der Waals surface area (Å²) in [6.45, 7) is 17.3. The van der Waals surface area contributed by atoms with Gasteiger partial charge in [-0.1, -0.05) is 105 Å². The molecule has 0 spiro atoms. The Labute approximate surface area is 201 Å². The second-order valence-electron chi connectivity index (χ2n) is 11.7. The zero-order valence-corrected chi connectivity index (χ0v) is 22.7. The lowest BCUT2D eigenvalue weighted by molar-refractivity contribution is 0.106. The quantitative estimate of drug-likeness (QED) is 0.238. The zero-order valence-electron chi connectivity index (χ0n) is 22.7. The number of rotatable bonds is 16. The molecule has 0 bridgehead atoms. The normalized spacial score (nSPS) is 17.0. The molecule has 2 nitrogen and oxygen atoms in total. The Morgan fingerprint density at radius 1 is 0.531 bits per heavy atom. The fourth-order valence-corrected chi connectivity index (χ4v) is 4.08. The Balaban J connectivity index is 4.25. The van der Waals surface area contributed by atoms with E-state index in [2.05, 4.69) is 65.2 Å². The van der Waals surface area contributed by atoms with Gasteiger partial charge in [0.1, 0.15) is 11.2 Å². The predicted octanol–water partition coefficient (Wildman–Crippen LogP) is 7.76. The van der Waals surface area contributed by atoms with E-state index in [4.69, 9.17) is 0 Å². The monoisotopic (exact) mass is 446 g/mol. The molecule has 4 atom stereocenters. The van der Waals surface area contributed by atoms with Crippen LogP contribution in [0.15, 0.2) is 0 Å². The predicted molar refractivity (Wildman–Crippen MR) is 140 cm³/mol. The first-order valence-electron chi connectivity index (χ1n) is 13.3. The second-order valence-corrected chi connectivity index (χ2v) is 11.7. The van der Waals surface area contributed by atoms with Crippen LogP contribution < -0.4 is 0 Å². The van der Waals surface area contributed by atoms with E-state index in [9.17, 15) is 10.2 Å². The van der Waals surface area contributed by atoms with Crippen molar-refractivity contribution in [1.82, 2.24) is 0 Å². The van der Waals surface area contributed by atoms with Crippen LogP contribution in [-0.2, 0) is 0 Å². The van der Waals surface area contributed by atoms with Crippen LogP contribution in [0.5, 0.6) is 0 Å². The van der Waals surface area contributed by atoms with Gasteiger partial charge < -0.3 is 10.2 Å². The molecule has 0 heterocycles. The molecule has 0 aromatic carbocycles. The first-order valence-corrected chi connectivity index (χ1v) is 13.3. The standard InChI is InChI=1S/C30H54O2/c1-25(2)15-11-17-27(5)19-13-23-29(7,31)21-9-10-22-30(8,32)24-14-20-28(6)18-12-16-26(3)4/h25-28,31-32H,11-20,23-24H2,1-8H3. The molecule has 0 rings (SSSR count). The topological polar surface area (TPSA) is 40.5 Å². The van der Waals surface area contributed by atoms with Crippen LogP contribution in [0, 0.1) is 47.4 Å². The maximum atomic E-state index is 10.5. The van der Waals surface area contributed by atoms with Crippen LogP contribution in [-0.4, -0.2) is 21.4 Å². The molecule has 2 heteroatoms. The van der Waals surface area contributed by atoms with Gasteiger partial charge in [-0.05, 0) is 75.0 Å². The summed E-state index contributed by atoms with van der Waals surface area (Å²) in [6.07, 6.45) is 13.3. The van der Waals surface area contributed by atoms with Gasteiger partial charge in [0.15, 0.2) is 0 Å². The van der Waals surface area contributed by atoms with Gasteiger partial charge >= 0.3 is 0 Å². The van der Waals surface area contributed by atoms with E-state index in [1.807, 2.05) is 0 Å². The Hall–Kier alpha value is -0.960. The van der Waals surface area contributed by atoms with Crippen molar-refractivity contribution in [2.75, 3.05) is 0 Å². The van der Waals surface area contributed by atoms with Crippen LogP contribution in [0.3, 0.4) is 0 Å². The number of aliphatic hydroxyl groups is 2. The van der Waals surface area contributed by atoms with Crippen LogP contribution in [0.2, 0.25) is 0 Å². The third-order valence-electron chi connectivity index (χ3n) is 6.40. The summed E-state index contributed by atoms with van der Waals surface area (Å²) >= 11 is 0. The maximum Gasteiger partial charge on any atom is 0.123 e. The summed E-state index contributed by atoms with van der Waals surface area (Å²) in [5.74, 6) is 14.3. The molecule has 0 aliphatic heterocycles. The molecule has 0 aromatic rings. The summed E-state index contributed by atoms with van der Waals surface area (Å²) < 4.78 is 0. The van der Waals surface area contributed by atoms with Crippen LogP contribution >= 0.6 is 0 Å². The fraction of sp³-hybridized carbons (Fsp3) is 0.867. The summed E-state index contributed by atoms with van der Waals surface area (Å²) in [5.41, 5.74) is -2.02. The number of hydrogen-bond donors (Lipinski definition) is 2. The van der Waals surface area contributed by atoms with Gasteiger partial charge in [0.25, 0.3) is 0 Å². The van der Waals surface area contributed by atoms with Crippen LogP contribution in [0.1, 0.15) is 132 Å². The van der Waals surface area contributed by atoms with Gasteiger partial charge in [0, 0.05) is 0 Å². The summed E-state index contributed by atoms with van der Waals surface area (Å²) in [6, 6.07) is 0. The van der Waals surface area contributed by atoms with E-state index in [-0.39, 0.29) is 0 Å². The van der Waals surface area contributed by atoms with E-state index in [1.165, 1.54) is 38.5 Å². The van der Waals surface area contributed by atoms with Gasteiger partial charge in [-0.3, -0.25) is 0 Å². The highest BCUT2D eigenvalue weighted by Gasteiger charge is 2.18. The first-order chi connectivity index (χ1) is 14.8. The molecule has 0 radical (unpaired) electrons. The van der Waals surface area contributed by atoms with E-state index in [1.54, 1.807) is 13.8 Å². The molecule has 2 N–H and O–H groups in total. The Morgan fingerprint density at radius 3 is 1.16 bits per heavy atom. The molecule has 0 saturated heterocycles. The summed E-state index contributed by atoms with van der Waals surface area (Å²) in [5, 5.41) is 21.0. The molecule has 4 unspecified atom stereocenters. The third-order valence-corrected chi connectivity index (χ3v) is 6.40. The molecule has 0 aromatic heterocycles. The van der Waals surface area contributed by atoms with Gasteiger partial charge in [0.2, 0.25) is 0 Å². The first kappa shape index (κ1) is 31.0. The summed E-state index contributed by atoms with van der Waals surface area (Å²) in [7, 11) is 0. The molecule has 0 fully saturated rings. The van der Waals surface area contributed by atoms with Crippen LogP contribution in [0.25, 0.3) is 0 Å². The van der Waals surface area contributed by atoms with E-state index >= 15 is 0 Å². The van der Waals surface area contributed by atoms with Gasteiger partial charge in [-0.2, -0.15) is 0 Å². The molecule has 0 aliphatic rings. The van der Waals surface area contributed by atoms with Crippen molar-refractivity contribution in [2.24, 2.45) is 23.7 Å². The summed E-state index contributed by atoms with van der Waals surface area (Å²) in [4.78, 5) is 0. The zero-order chi connectivity index (χ0) is 24.6. The molecular weight excluding hydrogens is 392 g/mol. The van der Waals surface area contributed by atoms with E-state index < -0.39 is 11.2 Å². The van der Waals surface area contributed by atoms with Crippen molar-refractivity contribution in [1.29, 1.82) is 0 Å². The average molecular weight is 447 g/mol. The van der Waals surface area contributed by atoms with Crippen molar-refractivity contribution in [2.45, 2.75) is 144 Å². The lowest BCUT2D eigenvalue weighted by Gasteiger charge is -2.18.